The van der Waals surface area contributed by atoms with E-state index in [2.05, 4.69) is 0 Å². The minimum Gasteiger partial charge on any atom is -0.494 e. The number of ketones is 1. The van der Waals surface area contributed by atoms with Gasteiger partial charge in [0.15, 0.2) is 17.3 Å². The molecule has 0 fully saturated rings. The fourth-order valence-corrected chi connectivity index (χ4v) is 2.60. The van der Waals surface area contributed by atoms with Crippen molar-refractivity contribution in [3.8, 4) is 5.75 Å². The van der Waals surface area contributed by atoms with Crippen LogP contribution in [0.3, 0.4) is 0 Å². The van der Waals surface area contributed by atoms with E-state index in [1.807, 2.05) is 17.7 Å². The van der Waals surface area contributed by atoms with Crippen LogP contribution in [0.25, 0.3) is 0 Å². The molecule has 0 N–H and O–H groups in total. The van der Waals surface area contributed by atoms with Gasteiger partial charge in [0, 0.05) is 17.4 Å². The van der Waals surface area contributed by atoms with Crippen molar-refractivity contribution < 1.29 is 13.9 Å². The fourth-order valence-electron chi connectivity index (χ4n) is 1.75. The first-order valence-corrected chi connectivity index (χ1v) is 6.44. The molecule has 1 heterocycles. The summed E-state index contributed by atoms with van der Waals surface area (Å²) in [6, 6.07) is 4.60. The van der Waals surface area contributed by atoms with E-state index >= 15 is 0 Å². The SMILES string of the molecule is COc1ccc(CC(=O)c2cscc2C)cc1F. The number of Topliss-reactive ketones (excluding diaryl/α,β-unsaturated/α-hetero) is 1. The third-order valence-corrected chi connectivity index (χ3v) is 3.60. The molecule has 18 heavy (non-hydrogen) atoms. The minimum atomic E-state index is -0.440. The normalized spacial score (nSPS) is 10.4. The Labute approximate surface area is 109 Å². The molecule has 0 radical (unpaired) electrons. The molecular formula is C14H13FO2S. The van der Waals surface area contributed by atoms with Crippen LogP contribution in [0.1, 0.15) is 21.5 Å². The van der Waals surface area contributed by atoms with E-state index in [0.29, 0.717) is 5.56 Å². The highest BCUT2D eigenvalue weighted by molar-refractivity contribution is 7.08. The largest absolute Gasteiger partial charge is 0.494 e. The Hall–Kier alpha value is -1.68. The maximum Gasteiger partial charge on any atom is 0.168 e. The first kappa shape index (κ1) is 12.8. The lowest BCUT2D eigenvalue weighted by molar-refractivity contribution is 0.0993. The summed E-state index contributed by atoms with van der Waals surface area (Å²) in [5.41, 5.74) is 2.35. The van der Waals surface area contributed by atoms with Crippen LogP contribution in [0.5, 0.6) is 5.75 Å². The second kappa shape index (κ2) is 5.31. The van der Waals surface area contributed by atoms with Crippen molar-refractivity contribution in [1.29, 1.82) is 0 Å². The zero-order valence-corrected chi connectivity index (χ0v) is 11.0. The van der Waals surface area contributed by atoms with Crippen LogP contribution < -0.4 is 4.74 Å². The number of hydrogen-bond acceptors (Lipinski definition) is 3. The van der Waals surface area contributed by atoms with Crippen LogP contribution in [-0.2, 0) is 6.42 Å². The van der Waals surface area contributed by atoms with Crippen molar-refractivity contribution in [2.75, 3.05) is 7.11 Å². The maximum atomic E-state index is 13.5. The first-order chi connectivity index (χ1) is 8.61. The Morgan fingerprint density at radius 2 is 2.17 bits per heavy atom. The third-order valence-electron chi connectivity index (χ3n) is 2.74. The van der Waals surface area contributed by atoms with Gasteiger partial charge in [0.1, 0.15) is 0 Å². The fraction of sp³-hybridized carbons (Fsp3) is 0.214. The molecule has 94 valence electrons. The highest BCUT2D eigenvalue weighted by Gasteiger charge is 2.12. The number of thiophene rings is 1. The molecule has 0 amide bonds. The van der Waals surface area contributed by atoms with Crippen LogP contribution in [0.15, 0.2) is 29.0 Å². The molecule has 0 aliphatic carbocycles. The number of halogens is 1. The average molecular weight is 264 g/mol. The molecule has 1 aromatic heterocycles. The van der Waals surface area contributed by atoms with E-state index in [-0.39, 0.29) is 18.0 Å². The number of aryl methyl sites for hydroxylation is 1. The van der Waals surface area contributed by atoms with Crippen molar-refractivity contribution in [1.82, 2.24) is 0 Å². The number of carbonyl (C=O) groups excluding carboxylic acids is 1. The van der Waals surface area contributed by atoms with Crippen molar-refractivity contribution in [3.05, 3.63) is 51.5 Å². The molecule has 0 aliphatic rings. The van der Waals surface area contributed by atoms with Crippen molar-refractivity contribution in [3.63, 3.8) is 0 Å². The highest BCUT2D eigenvalue weighted by atomic mass is 32.1. The van der Waals surface area contributed by atoms with Crippen LogP contribution in [0, 0.1) is 12.7 Å². The second-order valence-electron chi connectivity index (χ2n) is 4.04. The third kappa shape index (κ3) is 2.59. The summed E-state index contributed by atoms with van der Waals surface area (Å²) in [7, 11) is 1.41. The molecule has 0 saturated heterocycles. The van der Waals surface area contributed by atoms with Gasteiger partial charge in [0.05, 0.1) is 7.11 Å². The van der Waals surface area contributed by atoms with Gasteiger partial charge in [-0.25, -0.2) is 4.39 Å². The Morgan fingerprint density at radius 1 is 1.39 bits per heavy atom. The molecular weight excluding hydrogens is 251 g/mol. The van der Waals surface area contributed by atoms with Gasteiger partial charge in [-0.15, -0.1) is 0 Å². The van der Waals surface area contributed by atoms with Gasteiger partial charge in [0.2, 0.25) is 0 Å². The van der Waals surface area contributed by atoms with Gasteiger partial charge in [-0.2, -0.15) is 11.3 Å². The van der Waals surface area contributed by atoms with Crippen LogP contribution in [-0.4, -0.2) is 12.9 Å². The van der Waals surface area contributed by atoms with E-state index in [4.69, 9.17) is 4.74 Å². The van der Waals surface area contributed by atoms with Gasteiger partial charge in [-0.05, 0) is 35.6 Å². The van der Waals surface area contributed by atoms with Gasteiger partial charge in [-0.1, -0.05) is 6.07 Å². The van der Waals surface area contributed by atoms with Gasteiger partial charge in [0.25, 0.3) is 0 Å². The van der Waals surface area contributed by atoms with E-state index in [0.717, 1.165) is 11.1 Å². The van der Waals surface area contributed by atoms with E-state index in [1.54, 1.807) is 12.1 Å². The summed E-state index contributed by atoms with van der Waals surface area (Å²) in [5.74, 6) is -0.235. The number of benzene rings is 1. The summed E-state index contributed by atoms with van der Waals surface area (Å²) in [4.78, 5) is 12.0. The topological polar surface area (TPSA) is 26.3 Å². The summed E-state index contributed by atoms with van der Waals surface area (Å²) >= 11 is 1.50. The zero-order chi connectivity index (χ0) is 13.1. The molecule has 0 bridgehead atoms. The maximum absolute atomic E-state index is 13.5. The van der Waals surface area contributed by atoms with E-state index in [1.165, 1.54) is 24.5 Å². The number of carbonyl (C=O) groups is 1. The number of ether oxygens (including phenoxy) is 1. The highest BCUT2D eigenvalue weighted by Crippen LogP contribution is 2.20. The van der Waals surface area contributed by atoms with Gasteiger partial charge >= 0.3 is 0 Å². The monoisotopic (exact) mass is 264 g/mol. The quantitative estimate of drug-likeness (QED) is 0.788. The summed E-state index contributed by atoms with van der Waals surface area (Å²) in [6.07, 6.45) is 0.207. The lowest BCUT2D eigenvalue weighted by atomic mass is 10.0. The number of rotatable bonds is 4. The Bertz CT molecular complexity index is 575. The van der Waals surface area contributed by atoms with Gasteiger partial charge in [-0.3, -0.25) is 4.79 Å². The summed E-state index contributed by atoms with van der Waals surface area (Å²) in [5, 5.41) is 3.76. The van der Waals surface area contributed by atoms with Crippen molar-refractivity contribution >= 4 is 17.1 Å². The average Bonchev–Trinajstić information content (AvgIpc) is 2.76. The molecule has 4 heteroatoms. The molecule has 2 rings (SSSR count). The smallest absolute Gasteiger partial charge is 0.168 e. The standard InChI is InChI=1S/C14H13FO2S/c1-9-7-18-8-11(9)13(16)6-10-3-4-14(17-2)12(15)5-10/h3-5,7-8H,6H2,1-2H3. The molecule has 1 aromatic carbocycles. The number of hydrogen-bond donors (Lipinski definition) is 0. The van der Waals surface area contributed by atoms with Crippen LogP contribution in [0.4, 0.5) is 4.39 Å². The second-order valence-corrected chi connectivity index (χ2v) is 4.78. The first-order valence-electron chi connectivity index (χ1n) is 5.50. The number of methoxy groups -OCH3 is 1. The predicted octanol–water partition coefficient (Wildman–Crippen LogP) is 3.63. The molecule has 0 saturated carbocycles. The molecule has 0 spiro atoms. The molecule has 2 aromatic rings. The zero-order valence-electron chi connectivity index (χ0n) is 10.2. The van der Waals surface area contributed by atoms with E-state index < -0.39 is 5.82 Å². The van der Waals surface area contributed by atoms with E-state index in [9.17, 15) is 9.18 Å². The summed E-state index contributed by atoms with van der Waals surface area (Å²) in [6.45, 7) is 1.90. The summed E-state index contributed by atoms with van der Waals surface area (Å²) < 4.78 is 18.3. The van der Waals surface area contributed by atoms with Gasteiger partial charge < -0.3 is 4.74 Å². The van der Waals surface area contributed by atoms with Crippen LogP contribution in [0.2, 0.25) is 0 Å². The van der Waals surface area contributed by atoms with Crippen molar-refractivity contribution in [2.24, 2.45) is 0 Å². The molecule has 0 atom stereocenters. The van der Waals surface area contributed by atoms with Crippen LogP contribution >= 0.6 is 11.3 Å². The lowest BCUT2D eigenvalue weighted by Gasteiger charge is -2.05. The molecule has 0 aliphatic heterocycles. The Balaban J connectivity index is 2.17. The minimum absolute atomic E-state index is 0.0123. The molecule has 0 unspecified atom stereocenters. The van der Waals surface area contributed by atoms with Crippen molar-refractivity contribution in [2.45, 2.75) is 13.3 Å². The lowest BCUT2D eigenvalue weighted by Crippen LogP contribution is -2.04. The predicted molar refractivity (Wildman–Crippen MR) is 70.0 cm³/mol. The Kier molecular flexibility index (Phi) is 3.77. The Morgan fingerprint density at radius 3 is 2.72 bits per heavy atom. The molecule has 2 nitrogen and oxygen atoms in total.